The van der Waals surface area contributed by atoms with Crippen LogP contribution in [0.1, 0.15) is 13.3 Å². The van der Waals surface area contributed by atoms with Gasteiger partial charge in [0.15, 0.2) is 0 Å². The molecule has 2 amide bonds. The fourth-order valence-electron chi connectivity index (χ4n) is 4.32. The monoisotopic (exact) mass is 489 g/mol. The highest BCUT2D eigenvalue weighted by Crippen LogP contribution is 2.33. The number of ether oxygens (including phenoxy) is 1. The minimum absolute atomic E-state index is 0.00970. The van der Waals surface area contributed by atoms with E-state index in [0.717, 1.165) is 17.5 Å². The highest BCUT2D eigenvalue weighted by atomic mass is 32.2. The third-order valence-electron chi connectivity index (χ3n) is 6.13. The average molecular weight is 490 g/mol. The highest BCUT2D eigenvalue weighted by Gasteiger charge is 2.41. The molecule has 1 saturated heterocycles. The Morgan fingerprint density at radius 1 is 1.26 bits per heavy atom. The van der Waals surface area contributed by atoms with Crippen LogP contribution >= 0.6 is 0 Å². The van der Waals surface area contributed by atoms with Crippen LogP contribution in [0.4, 0.5) is 4.79 Å². The van der Waals surface area contributed by atoms with E-state index in [1.807, 2.05) is 24.9 Å². The second-order valence-corrected chi connectivity index (χ2v) is 10.4. The van der Waals surface area contributed by atoms with Crippen molar-refractivity contribution in [3.05, 3.63) is 42.7 Å². The number of likely N-dealkylation sites (N-methyl/N-ethyl adjacent to an activating group) is 1. The largest absolute Gasteiger partial charge is 0.485 e. The number of pyridine rings is 1. The number of benzene rings is 1. The Kier molecular flexibility index (Phi) is 7.36. The molecule has 1 aromatic carbocycles. The second kappa shape index (κ2) is 10.3. The first-order chi connectivity index (χ1) is 16.3. The number of likely N-dealkylation sites (tertiary alicyclic amines) is 1. The molecule has 0 bridgehead atoms. The molecule has 4 rings (SSSR count). The van der Waals surface area contributed by atoms with Crippen LogP contribution in [0.2, 0.25) is 0 Å². The van der Waals surface area contributed by atoms with E-state index >= 15 is 0 Å². The zero-order valence-corrected chi connectivity index (χ0v) is 20.2. The number of carbonyl (C=O) groups excluding carboxylic acids is 1. The molecular formula is C23H31N5O5S. The van der Waals surface area contributed by atoms with Crippen molar-refractivity contribution in [3.8, 4) is 16.9 Å². The molecule has 2 aromatic rings. The number of carbonyl (C=O) groups is 1. The number of nitrogens with zero attached hydrogens (tertiary/aromatic N) is 3. The van der Waals surface area contributed by atoms with Crippen molar-refractivity contribution in [2.45, 2.75) is 36.5 Å². The van der Waals surface area contributed by atoms with Gasteiger partial charge in [-0.1, -0.05) is 19.1 Å². The molecule has 0 aliphatic carbocycles. The molecule has 3 N–H and O–H groups in total. The lowest BCUT2D eigenvalue weighted by atomic mass is 10.1. The number of β-amino-alcohol motifs (C(OH)–C–C–N with tert-alkyl or cyclic N) is 1. The van der Waals surface area contributed by atoms with Crippen LogP contribution in [0.15, 0.2) is 47.6 Å². The van der Waals surface area contributed by atoms with Crippen LogP contribution in [0.5, 0.6) is 5.75 Å². The van der Waals surface area contributed by atoms with Crippen molar-refractivity contribution in [2.75, 3.05) is 39.8 Å². The molecule has 0 radical (unpaired) electrons. The lowest BCUT2D eigenvalue weighted by Gasteiger charge is -2.30. The van der Waals surface area contributed by atoms with Crippen LogP contribution < -0.4 is 14.8 Å². The fourth-order valence-corrected chi connectivity index (χ4v) is 5.51. The van der Waals surface area contributed by atoms with Crippen molar-refractivity contribution in [1.82, 2.24) is 24.8 Å². The van der Waals surface area contributed by atoms with Gasteiger partial charge in [-0.15, -0.1) is 0 Å². The number of aromatic nitrogens is 1. The van der Waals surface area contributed by atoms with E-state index in [1.54, 1.807) is 35.5 Å². The first-order valence-electron chi connectivity index (χ1n) is 11.4. The van der Waals surface area contributed by atoms with Crippen molar-refractivity contribution < 1.29 is 23.1 Å². The van der Waals surface area contributed by atoms with E-state index in [4.69, 9.17) is 4.74 Å². The predicted octanol–water partition coefficient (Wildman–Crippen LogP) is 0.884. The molecule has 0 spiro atoms. The van der Waals surface area contributed by atoms with E-state index in [2.05, 4.69) is 15.0 Å². The third-order valence-corrected chi connectivity index (χ3v) is 7.59. The van der Waals surface area contributed by atoms with Crippen molar-refractivity contribution in [2.24, 2.45) is 0 Å². The van der Waals surface area contributed by atoms with Gasteiger partial charge in [-0.05, 0) is 37.2 Å². The topological polar surface area (TPSA) is 124 Å². The maximum atomic E-state index is 13.1. The number of aliphatic hydroxyl groups is 1. The first kappa shape index (κ1) is 24.4. The number of amides is 2. The number of nitrogens with one attached hydrogen (secondary N) is 2. The summed E-state index contributed by atoms with van der Waals surface area (Å²) in [4.78, 5) is 20.4. The van der Waals surface area contributed by atoms with E-state index in [1.165, 1.54) is 6.07 Å². The molecule has 0 unspecified atom stereocenters. The molecule has 11 heteroatoms. The number of hydrogen-bond acceptors (Lipinski definition) is 7. The predicted molar refractivity (Wildman–Crippen MR) is 127 cm³/mol. The molecule has 3 atom stereocenters. The summed E-state index contributed by atoms with van der Waals surface area (Å²) in [5.41, 5.74) is 1.59. The van der Waals surface area contributed by atoms with Crippen molar-refractivity contribution in [1.29, 1.82) is 0 Å². The normalized spacial score (nSPS) is 24.9. The van der Waals surface area contributed by atoms with E-state index in [9.17, 15) is 18.3 Å². The van der Waals surface area contributed by atoms with Gasteiger partial charge in [-0.25, -0.2) is 17.9 Å². The molecule has 3 heterocycles. The second-order valence-electron chi connectivity index (χ2n) is 8.71. The van der Waals surface area contributed by atoms with Crippen LogP contribution in [0.25, 0.3) is 11.1 Å². The van der Waals surface area contributed by atoms with Gasteiger partial charge in [0.2, 0.25) is 10.0 Å². The molecule has 184 valence electrons. The summed E-state index contributed by atoms with van der Waals surface area (Å²) in [5.74, 6) is 0.199. The smallest absolute Gasteiger partial charge is 0.317 e. The third kappa shape index (κ3) is 5.33. The molecule has 34 heavy (non-hydrogen) atoms. The van der Waals surface area contributed by atoms with E-state index < -0.39 is 22.2 Å². The summed E-state index contributed by atoms with van der Waals surface area (Å²) in [6.45, 7) is 3.36. The van der Waals surface area contributed by atoms with E-state index in [-0.39, 0.29) is 35.8 Å². The minimum atomic E-state index is -3.94. The zero-order chi connectivity index (χ0) is 24.3. The lowest BCUT2D eigenvalue weighted by Crippen LogP contribution is -2.48. The van der Waals surface area contributed by atoms with Crippen molar-refractivity contribution >= 4 is 16.1 Å². The molecular weight excluding hydrogens is 458 g/mol. The van der Waals surface area contributed by atoms with Gasteiger partial charge in [0.05, 0.1) is 18.7 Å². The molecule has 2 aliphatic rings. The Hall–Kier alpha value is -2.73. The number of fused-ring (bicyclic) bond motifs is 2. The fraction of sp³-hybridized carbons (Fsp3) is 0.478. The van der Waals surface area contributed by atoms with Gasteiger partial charge in [-0.3, -0.25) is 9.88 Å². The Bertz CT molecular complexity index is 1110. The summed E-state index contributed by atoms with van der Waals surface area (Å²) in [6.07, 6.45) is 2.79. The lowest BCUT2D eigenvalue weighted by molar-refractivity contribution is 0.0713. The maximum Gasteiger partial charge on any atom is 0.317 e. The Morgan fingerprint density at radius 2 is 2.09 bits per heavy atom. The van der Waals surface area contributed by atoms with Gasteiger partial charge in [-0.2, -0.15) is 0 Å². The quantitative estimate of drug-likeness (QED) is 0.585. The van der Waals surface area contributed by atoms with Gasteiger partial charge in [0.1, 0.15) is 16.7 Å². The van der Waals surface area contributed by atoms with Gasteiger partial charge in [0, 0.05) is 44.1 Å². The number of aliphatic hydroxyl groups excluding tert-OH is 1. The van der Waals surface area contributed by atoms with E-state index in [0.29, 0.717) is 19.6 Å². The summed E-state index contributed by atoms with van der Waals surface area (Å²) in [6, 6.07) is 8.18. The van der Waals surface area contributed by atoms with Crippen molar-refractivity contribution in [3.63, 3.8) is 0 Å². The maximum absolute atomic E-state index is 13.1. The summed E-state index contributed by atoms with van der Waals surface area (Å²) < 4.78 is 35.0. The van der Waals surface area contributed by atoms with Crippen LogP contribution in [-0.2, 0) is 10.0 Å². The van der Waals surface area contributed by atoms with Crippen LogP contribution in [0.3, 0.4) is 0 Å². The molecule has 0 saturated carbocycles. The summed E-state index contributed by atoms with van der Waals surface area (Å²) in [7, 11) is -2.10. The molecule has 1 aromatic heterocycles. The Balaban J connectivity index is 1.73. The average Bonchev–Trinajstić information content (AvgIpc) is 3.25. The van der Waals surface area contributed by atoms with Gasteiger partial charge < -0.3 is 20.1 Å². The summed E-state index contributed by atoms with van der Waals surface area (Å²) in [5, 5.41) is 13.4. The SMILES string of the molecule is CCCNC(=O)N1C[C@@H]2Oc3cc(-c4cccnc4)ccc3S(=O)(=O)NC[C@H](O)CN(C)[C@@H]2C1. The highest BCUT2D eigenvalue weighted by molar-refractivity contribution is 7.89. The molecule has 2 aliphatic heterocycles. The number of urea groups is 1. The van der Waals surface area contributed by atoms with Crippen LogP contribution in [-0.4, -0.2) is 92.4 Å². The minimum Gasteiger partial charge on any atom is -0.485 e. The molecule has 1 fully saturated rings. The summed E-state index contributed by atoms with van der Waals surface area (Å²) >= 11 is 0. The number of rotatable bonds is 3. The van der Waals surface area contributed by atoms with Crippen LogP contribution in [0, 0.1) is 0 Å². The standard InChI is InChI=1S/C23H31N5O5S/c1-3-8-25-23(30)28-14-19-21(15-28)33-20-10-16(17-5-4-9-24-11-17)6-7-22(20)34(31,32)26-12-18(29)13-27(19)2/h4-7,9-11,18-19,21,26,29H,3,8,12-15H2,1-2H3,(H,25,30)/t18-,19+,21-/m0/s1. The van der Waals surface area contributed by atoms with Gasteiger partial charge in [0.25, 0.3) is 0 Å². The first-order valence-corrected chi connectivity index (χ1v) is 12.9. The Morgan fingerprint density at radius 3 is 2.82 bits per heavy atom. The zero-order valence-electron chi connectivity index (χ0n) is 19.3. The number of hydrogen-bond donors (Lipinski definition) is 3. The molecule has 10 nitrogen and oxygen atoms in total. The Labute approximate surface area is 200 Å². The number of sulfonamides is 1. The van der Waals surface area contributed by atoms with Gasteiger partial charge >= 0.3 is 6.03 Å².